The zero-order valence-corrected chi connectivity index (χ0v) is 12.5. The number of nitrogens with zero attached hydrogens (tertiary/aromatic N) is 2. The maximum absolute atomic E-state index is 11.4. The van der Waals surface area contributed by atoms with Crippen molar-refractivity contribution in [3.05, 3.63) is 36.8 Å². The van der Waals surface area contributed by atoms with Crippen LogP contribution in [0.15, 0.2) is 41.7 Å². The van der Waals surface area contributed by atoms with Crippen LogP contribution in [0.5, 0.6) is 0 Å². The smallest absolute Gasteiger partial charge is 0.261 e. The van der Waals surface area contributed by atoms with Crippen molar-refractivity contribution in [2.24, 2.45) is 0 Å². The molecule has 1 aromatic heterocycles. The molecule has 0 bridgehead atoms. The van der Waals surface area contributed by atoms with Crippen LogP contribution in [-0.4, -0.2) is 18.0 Å². The molecule has 0 fully saturated rings. The Morgan fingerprint density at radius 2 is 1.95 bits per heavy atom. The fourth-order valence-electron chi connectivity index (χ4n) is 1.85. The Kier molecular flexibility index (Phi) is 3.45. The number of hydrogen-bond donors (Lipinski definition) is 0. The van der Waals surface area contributed by atoms with Crippen LogP contribution in [0.25, 0.3) is 11.3 Å². The van der Waals surface area contributed by atoms with E-state index in [1.165, 1.54) is 6.07 Å². The van der Waals surface area contributed by atoms with Gasteiger partial charge in [-0.3, -0.25) is 0 Å². The molecule has 0 saturated carbocycles. The van der Waals surface area contributed by atoms with Gasteiger partial charge in [0.15, 0.2) is 0 Å². The van der Waals surface area contributed by atoms with Crippen molar-refractivity contribution in [3.63, 3.8) is 0 Å². The van der Waals surface area contributed by atoms with Gasteiger partial charge in [0.2, 0.25) is 0 Å². The summed E-state index contributed by atoms with van der Waals surface area (Å²) in [6.07, 6.45) is 3.45. The third-order valence-electron chi connectivity index (χ3n) is 2.77. The fraction of sp³-hybridized carbons (Fsp3) is 0.308. The number of halogens is 1. The Hall–Kier alpha value is -1.33. The lowest BCUT2D eigenvalue weighted by atomic mass is 10.1. The van der Waals surface area contributed by atoms with Crippen LogP contribution in [-0.2, 0) is 14.6 Å². The number of imidazole rings is 1. The first-order chi connectivity index (χ1) is 8.69. The predicted octanol–water partition coefficient (Wildman–Crippen LogP) is 3.23. The van der Waals surface area contributed by atoms with E-state index in [0.29, 0.717) is 0 Å². The molecule has 0 radical (unpaired) electrons. The zero-order chi connectivity index (χ0) is 14.3. The van der Waals surface area contributed by atoms with Crippen LogP contribution in [0.3, 0.4) is 0 Å². The number of rotatable bonds is 2. The molecule has 1 aromatic carbocycles. The minimum absolute atomic E-state index is 0.0910. The molecule has 19 heavy (non-hydrogen) atoms. The molecular formula is C13H15ClN2O2S. The summed E-state index contributed by atoms with van der Waals surface area (Å²) in [6.45, 7) is 6.17. The van der Waals surface area contributed by atoms with Crippen LogP contribution in [0.2, 0.25) is 0 Å². The van der Waals surface area contributed by atoms with Crippen molar-refractivity contribution >= 4 is 19.7 Å². The number of aromatic nitrogens is 2. The summed E-state index contributed by atoms with van der Waals surface area (Å²) in [6, 6.07) is 6.54. The van der Waals surface area contributed by atoms with Crippen LogP contribution in [0.1, 0.15) is 20.8 Å². The van der Waals surface area contributed by atoms with Gasteiger partial charge in [0.05, 0.1) is 23.1 Å². The molecule has 0 amide bonds. The van der Waals surface area contributed by atoms with E-state index >= 15 is 0 Å². The van der Waals surface area contributed by atoms with Gasteiger partial charge in [0.25, 0.3) is 9.05 Å². The second-order valence-corrected chi connectivity index (χ2v) is 7.85. The minimum Gasteiger partial charge on any atom is -0.325 e. The van der Waals surface area contributed by atoms with Crippen LogP contribution >= 0.6 is 10.7 Å². The van der Waals surface area contributed by atoms with Crippen LogP contribution in [0, 0.1) is 0 Å². The van der Waals surface area contributed by atoms with Crippen molar-refractivity contribution in [1.82, 2.24) is 9.55 Å². The van der Waals surface area contributed by atoms with Gasteiger partial charge in [-0.2, -0.15) is 0 Å². The first-order valence-electron chi connectivity index (χ1n) is 5.77. The molecule has 0 saturated heterocycles. The van der Waals surface area contributed by atoms with Crippen molar-refractivity contribution in [3.8, 4) is 11.3 Å². The molecule has 2 aromatic rings. The topological polar surface area (TPSA) is 52.0 Å². The summed E-state index contributed by atoms with van der Waals surface area (Å²) in [5.74, 6) is 0. The van der Waals surface area contributed by atoms with E-state index in [0.717, 1.165) is 11.3 Å². The molecule has 0 aliphatic heterocycles. The second-order valence-electron chi connectivity index (χ2n) is 5.29. The highest BCUT2D eigenvalue weighted by Gasteiger charge is 2.18. The molecule has 1 heterocycles. The van der Waals surface area contributed by atoms with E-state index in [2.05, 4.69) is 25.8 Å². The summed E-state index contributed by atoms with van der Waals surface area (Å²) >= 11 is 0. The molecule has 0 aliphatic carbocycles. The summed E-state index contributed by atoms with van der Waals surface area (Å²) < 4.78 is 24.8. The largest absolute Gasteiger partial charge is 0.325 e. The first kappa shape index (κ1) is 14.1. The van der Waals surface area contributed by atoms with Gasteiger partial charge >= 0.3 is 0 Å². The Morgan fingerprint density at radius 3 is 2.53 bits per heavy atom. The normalized spacial score (nSPS) is 12.6. The van der Waals surface area contributed by atoms with Gasteiger partial charge in [-0.25, -0.2) is 13.4 Å². The van der Waals surface area contributed by atoms with E-state index in [1.807, 2.05) is 10.6 Å². The van der Waals surface area contributed by atoms with Gasteiger partial charge in [-0.15, -0.1) is 0 Å². The van der Waals surface area contributed by atoms with Gasteiger partial charge in [-0.05, 0) is 32.9 Å². The van der Waals surface area contributed by atoms with E-state index in [1.54, 1.807) is 24.7 Å². The average Bonchev–Trinajstić information content (AvgIpc) is 2.76. The third kappa shape index (κ3) is 2.98. The highest BCUT2D eigenvalue weighted by molar-refractivity contribution is 8.13. The Labute approximate surface area is 117 Å². The fourth-order valence-corrected chi connectivity index (χ4v) is 2.65. The van der Waals surface area contributed by atoms with Crippen LogP contribution in [0.4, 0.5) is 0 Å². The molecule has 2 rings (SSSR count). The molecule has 4 nitrogen and oxygen atoms in total. The van der Waals surface area contributed by atoms with Crippen LogP contribution < -0.4 is 0 Å². The minimum atomic E-state index is -3.72. The van der Waals surface area contributed by atoms with Crippen molar-refractivity contribution in [2.45, 2.75) is 31.2 Å². The van der Waals surface area contributed by atoms with Crippen molar-refractivity contribution in [1.29, 1.82) is 0 Å². The Bertz CT molecular complexity index is 699. The maximum Gasteiger partial charge on any atom is 0.261 e. The lowest BCUT2D eigenvalue weighted by Gasteiger charge is -2.23. The van der Waals surface area contributed by atoms with E-state index in [4.69, 9.17) is 10.7 Å². The zero-order valence-electron chi connectivity index (χ0n) is 11.0. The molecule has 6 heteroatoms. The molecule has 0 atom stereocenters. The molecule has 0 unspecified atom stereocenters. The molecule has 0 N–H and O–H groups in total. The molecule has 0 spiro atoms. The summed E-state index contributed by atoms with van der Waals surface area (Å²) in [7, 11) is 1.65. The molecule has 102 valence electrons. The Morgan fingerprint density at radius 1 is 1.26 bits per heavy atom. The predicted molar refractivity (Wildman–Crippen MR) is 75.7 cm³/mol. The van der Waals surface area contributed by atoms with Crippen molar-refractivity contribution < 1.29 is 8.42 Å². The van der Waals surface area contributed by atoms with Gasteiger partial charge in [0.1, 0.15) is 0 Å². The van der Waals surface area contributed by atoms with Gasteiger partial charge in [-0.1, -0.05) is 12.1 Å². The lowest BCUT2D eigenvalue weighted by molar-refractivity contribution is 0.400. The van der Waals surface area contributed by atoms with Crippen molar-refractivity contribution in [2.75, 3.05) is 0 Å². The summed E-state index contributed by atoms with van der Waals surface area (Å²) in [5.41, 5.74) is 1.49. The molecule has 0 aliphatic rings. The highest BCUT2D eigenvalue weighted by atomic mass is 35.7. The first-order valence-corrected chi connectivity index (χ1v) is 8.08. The monoisotopic (exact) mass is 298 g/mol. The van der Waals surface area contributed by atoms with E-state index in [-0.39, 0.29) is 10.4 Å². The Balaban J connectivity index is 2.58. The SMILES string of the molecule is CC(C)(C)n1cncc1-c1cccc(S(=O)(=O)Cl)c1. The summed E-state index contributed by atoms with van der Waals surface area (Å²) in [4.78, 5) is 4.23. The summed E-state index contributed by atoms with van der Waals surface area (Å²) in [5, 5.41) is 0. The number of benzene rings is 1. The number of hydrogen-bond acceptors (Lipinski definition) is 3. The van der Waals surface area contributed by atoms with Gasteiger partial charge in [0, 0.05) is 21.8 Å². The molecular weight excluding hydrogens is 284 g/mol. The second kappa shape index (κ2) is 4.65. The highest BCUT2D eigenvalue weighted by Crippen LogP contribution is 2.27. The lowest BCUT2D eigenvalue weighted by Crippen LogP contribution is -2.21. The third-order valence-corrected chi connectivity index (χ3v) is 4.12. The average molecular weight is 299 g/mol. The van der Waals surface area contributed by atoms with E-state index < -0.39 is 9.05 Å². The standard InChI is InChI=1S/C13H15ClN2O2S/c1-13(2,3)16-9-15-8-12(16)10-5-4-6-11(7-10)19(14,17)18/h4-9H,1-3H3. The van der Waals surface area contributed by atoms with E-state index in [9.17, 15) is 8.42 Å². The maximum atomic E-state index is 11.4. The quantitative estimate of drug-likeness (QED) is 0.800. The van der Waals surface area contributed by atoms with Gasteiger partial charge < -0.3 is 4.57 Å².